The third kappa shape index (κ3) is 3.40. The Morgan fingerprint density at radius 3 is 2.44 bits per heavy atom. The highest BCUT2D eigenvalue weighted by atomic mass is 32.2. The van der Waals surface area contributed by atoms with Gasteiger partial charge in [-0.3, -0.25) is 0 Å². The fraction of sp³-hybridized carbons (Fsp3) is 1.00. The van der Waals surface area contributed by atoms with E-state index in [-0.39, 0.29) is 5.60 Å². The van der Waals surface area contributed by atoms with Crippen LogP contribution >= 0.6 is 11.8 Å². The zero-order valence-corrected chi connectivity index (χ0v) is 11.4. The van der Waals surface area contributed by atoms with Gasteiger partial charge in [0.05, 0.1) is 5.60 Å². The number of thioether (sulfide) groups is 1. The Morgan fingerprint density at radius 2 is 1.81 bits per heavy atom. The quantitative estimate of drug-likeness (QED) is 0.731. The van der Waals surface area contributed by atoms with Crippen LogP contribution in [0.25, 0.3) is 0 Å². The molecule has 2 fully saturated rings. The molecule has 0 radical (unpaired) electrons. The lowest BCUT2D eigenvalue weighted by Gasteiger charge is -2.44. The minimum absolute atomic E-state index is 0.297. The summed E-state index contributed by atoms with van der Waals surface area (Å²) in [7, 11) is 0. The molecule has 0 aliphatic carbocycles. The molecule has 2 aliphatic heterocycles. The Labute approximate surface area is 104 Å². The molecule has 0 saturated carbocycles. The van der Waals surface area contributed by atoms with E-state index in [1.165, 1.54) is 44.9 Å². The molecule has 2 rings (SSSR count). The van der Waals surface area contributed by atoms with Crippen LogP contribution in [-0.4, -0.2) is 21.2 Å². The number of hydrogen-bond acceptors (Lipinski definition) is 2. The second kappa shape index (κ2) is 5.77. The van der Waals surface area contributed by atoms with Crippen molar-refractivity contribution in [3.63, 3.8) is 0 Å². The zero-order chi connectivity index (χ0) is 11.4. The molecule has 2 saturated heterocycles. The highest BCUT2D eigenvalue weighted by molar-refractivity contribution is 8.00. The van der Waals surface area contributed by atoms with Gasteiger partial charge < -0.3 is 5.11 Å². The van der Waals surface area contributed by atoms with Crippen LogP contribution in [0.3, 0.4) is 0 Å². The van der Waals surface area contributed by atoms with Crippen LogP contribution < -0.4 is 0 Å². The summed E-state index contributed by atoms with van der Waals surface area (Å²) in [5.41, 5.74) is -0.297. The van der Waals surface area contributed by atoms with Crippen molar-refractivity contribution in [2.75, 3.05) is 0 Å². The molecule has 0 amide bonds. The maximum Gasteiger partial charge on any atom is 0.0668 e. The van der Waals surface area contributed by atoms with E-state index in [0.29, 0.717) is 0 Å². The van der Waals surface area contributed by atoms with Gasteiger partial charge in [0.25, 0.3) is 0 Å². The van der Waals surface area contributed by atoms with Crippen molar-refractivity contribution in [1.82, 2.24) is 0 Å². The van der Waals surface area contributed by atoms with Crippen LogP contribution in [0, 0.1) is 0 Å². The number of rotatable bonds is 5. The standard InChI is InChI=1S/C14H26OS/c1-2-3-4-5-9-14(15)10-12-7-6-8-13(11-14)16-12/h12-13,15H,2-11H2,1H3. The summed E-state index contributed by atoms with van der Waals surface area (Å²) in [5.74, 6) is 0. The van der Waals surface area contributed by atoms with Gasteiger partial charge >= 0.3 is 0 Å². The van der Waals surface area contributed by atoms with Gasteiger partial charge in [0.15, 0.2) is 0 Å². The molecule has 2 heterocycles. The fourth-order valence-electron chi connectivity index (χ4n) is 3.30. The molecule has 2 atom stereocenters. The largest absolute Gasteiger partial charge is 0.390 e. The Kier molecular flexibility index (Phi) is 4.60. The maximum absolute atomic E-state index is 10.7. The van der Waals surface area contributed by atoms with E-state index in [4.69, 9.17) is 0 Å². The van der Waals surface area contributed by atoms with Crippen LogP contribution in [0.15, 0.2) is 0 Å². The molecule has 2 bridgehead atoms. The lowest BCUT2D eigenvalue weighted by Crippen LogP contribution is -2.42. The highest BCUT2D eigenvalue weighted by Crippen LogP contribution is 2.47. The number of hydrogen-bond donors (Lipinski definition) is 1. The van der Waals surface area contributed by atoms with E-state index >= 15 is 0 Å². The summed E-state index contributed by atoms with van der Waals surface area (Å²) in [5, 5.41) is 12.2. The third-order valence-corrected chi connectivity index (χ3v) is 5.72. The summed E-state index contributed by atoms with van der Waals surface area (Å²) in [6.45, 7) is 2.25. The average Bonchev–Trinajstić information content (AvgIpc) is 2.24. The minimum atomic E-state index is -0.297. The Hall–Kier alpha value is 0.310. The van der Waals surface area contributed by atoms with Crippen molar-refractivity contribution in [3.8, 4) is 0 Å². The van der Waals surface area contributed by atoms with Gasteiger partial charge in [-0.25, -0.2) is 0 Å². The van der Waals surface area contributed by atoms with Gasteiger partial charge in [0.1, 0.15) is 0 Å². The molecule has 2 aliphatic rings. The zero-order valence-electron chi connectivity index (χ0n) is 10.6. The van der Waals surface area contributed by atoms with Crippen LogP contribution in [0.1, 0.15) is 71.1 Å². The van der Waals surface area contributed by atoms with Crippen molar-refractivity contribution >= 4 is 11.8 Å². The molecule has 0 aromatic heterocycles. The normalized spacial score (nSPS) is 38.6. The van der Waals surface area contributed by atoms with Gasteiger partial charge in [-0.2, -0.15) is 11.8 Å². The lowest BCUT2D eigenvalue weighted by molar-refractivity contribution is 0.00237. The van der Waals surface area contributed by atoms with Crippen molar-refractivity contribution in [2.24, 2.45) is 0 Å². The molecule has 0 spiro atoms. The number of aliphatic hydroxyl groups is 1. The van der Waals surface area contributed by atoms with E-state index in [1.807, 2.05) is 0 Å². The van der Waals surface area contributed by atoms with E-state index in [1.54, 1.807) is 0 Å². The van der Waals surface area contributed by atoms with Crippen LogP contribution in [0.4, 0.5) is 0 Å². The second-order valence-corrected chi connectivity index (χ2v) is 7.36. The fourth-order valence-corrected chi connectivity index (χ4v) is 5.26. The van der Waals surface area contributed by atoms with E-state index in [2.05, 4.69) is 18.7 Å². The van der Waals surface area contributed by atoms with Crippen LogP contribution in [-0.2, 0) is 0 Å². The summed E-state index contributed by atoms with van der Waals surface area (Å²) in [6, 6.07) is 0. The number of unbranched alkanes of at least 4 members (excludes halogenated alkanes) is 3. The first-order valence-corrected chi connectivity index (χ1v) is 8.04. The predicted molar refractivity (Wildman–Crippen MR) is 72.0 cm³/mol. The Morgan fingerprint density at radius 1 is 1.12 bits per heavy atom. The third-order valence-electron chi connectivity index (χ3n) is 4.15. The maximum atomic E-state index is 10.7. The first kappa shape index (κ1) is 12.8. The van der Waals surface area contributed by atoms with Crippen molar-refractivity contribution in [3.05, 3.63) is 0 Å². The topological polar surface area (TPSA) is 20.2 Å². The van der Waals surface area contributed by atoms with Crippen molar-refractivity contribution < 1.29 is 5.11 Å². The Bertz CT molecular complexity index is 205. The first-order chi connectivity index (χ1) is 7.72. The van der Waals surface area contributed by atoms with Crippen molar-refractivity contribution in [1.29, 1.82) is 0 Å². The molecule has 0 aromatic rings. The molecule has 0 aromatic carbocycles. The van der Waals surface area contributed by atoms with Gasteiger partial charge in [0.2, 0.25) is 0 Å². The van der Waals surface area contributed by atoms with E-state index < -0.39 is 0 Å². The number of fused-ring (bicyclic) bond motifs is 2. The summed E-state index contributed by atoms with van der Waals surface area (Å²) >= 11 is 2.16. The monoisotopic (exact) mass is 242 g/mol. The minimum Gasteiger partial charge on any atom is -0.390 e. The van der Waals surface area contributed by atoms with Gasteiger partial charge in [-0.1, -0.05) is 39.0 Å². The molecular formula is C14H26OS. The molecule has 16 heavy (non-hydrogen) atoms. The smallest absolute Gasteiger partial charge is 0.0668 e. The molecule has 1 N–H and O–H groups in total. The molecule has 94 valence electrons. The second-order valence-electron chi connectivity index (χ2n) is 5.75. The molecule has 1 nitrogen and oxygen atoms in total. The van der Waals surface area contributed by atoms with Gasteiger partial charge in [0, 0.05) is 10.5 Å². The van der Waals surface area contributed by atoms with Gasteiger partial charge in [-0.05, 0) is 32.1 Å². The van der Waals surface area contributed by atoms with Gasteiger partial charge in [-0.15, -0.1) is 0 Å². The average molecular weight is 242 g/mol. The molecular weight excluding hydrogens is 216 g/mol. The van der Waals surface area contributed by atoms with Crippen molar-refractivity contribution in [2.45, 2.75) is 87.2 Å². The summed E-state index contributed by atoms with van der Waals surface area (Å²) in [6.07, 6.45) is 12.4. The Balaban J connectivity index is 1.78. The predicted octanol–water partition coefficient (Wildman–Crippen LogP) is 4.14. The summed E-state index contributed by atoms with van der Waals surface area (Å²) in [4.78, 5) is 0. The highest BCUT2D eigenvalue weighted by Gasteiger charge is 2.40. The van der Waals surface area contributed by atoms with E-state index in [9.17, 15) is 5.11 Å². The SMILES string of the molecule is CCCCCCC1(O)CC2CCCC(C1)S2. The van der Waals surface area contributed by atoms with Crippen LogP contribution in [0.5, 0.6) is 0 Å². The summed E-state index contributed by atoms with van der Waals surface area (Å²) < 4.78 is 0. The lowest BCUT2D eigenvalue weighted by atomic mass is 9.82. The van der Waals surface area contributed by atoms with Crippen LogP contribution in [0.2, 0.25) is 0 Å². The van der Waals surface area contributed by atoms with E-state index in [0.717, 1.165) is 29.8 Å². The molecule has 2 heteroatoms. The first-order valence-electron chi connectivity index (χ1n) is 7.10. The molecule has 2 unspecified atom stereocenters.